The fourth-order valence-corrected chi connectivity index (χ4v) is 2.17. The van der Waals surface area contributed by atoms with Gasteiger partial charge in [-0.2, -0.15) is 9.55 Å². The van der Waals surface area contributed by atoms with Crippen LogP contribution in [0.2, 0.25) is 0 Å². The summed E-state index contributed by atoms with van der Waals surface area (Å²) in [6, 6.07) is 5.00. The smallest absolute Gasteiger partial charge is 0.490 e. The molecule has 0 amide bonds. The molecule has 0 saturated heterocycles. The number of imidazole rings is 1. The number of hydrogen-bond donors (Lipinski definition) is 0. The van der Waals surface area contributed by atoms with Gasteiger partial charge in [0.15, 0.2) is 6.10 Å². The van der Waals surface area contributed by atoms with Crippen LogP contribution in [-0.4, -0.2) is 33.5 Å². The largest absolute Gasteiger partial charge is 0.573 e. The molecule has 0 radical (unpaired) electrons. The molecule has 0 bridgehead atoms. The van der Waals surface area contributed by atoms with E-state index in [1.54, 1.807) is 0 Å². The first kappa shape index (κ1) is 15.9. The van der Waals surface area contributed by atoms with Crippen LogP contribution in [0.15, 0.2) is 30.5 Å². The Kier molecular flexibility index (Phi) is 3.91. The summed E-state index contributed by atoms with van der Waals surface area (Å²) in [5.41, 5.74) is 0. The zero-order chi connectivity index (χ0) is 17.3. The molecule has 128 valence electrons. The number of benzene rings is 1. The summed E-state index contributed by atoms with van der Waals surface area (Å²) in [7, 11) is 0. The second kappa shape index (κ2) is 5.91. The number of nitro groups is 1. The zero-order valence-electron chi connectivity index (χ0n) is 11.9. The number of aromatic nitrogens is 2. The number of hydrogen-bond acceptors (Lipinski definition) is 6. The molecule has 0 spiro atoms. The highest BCUT2D eigenvalue weighted by atomic mass is 19.4. The molecule has 24 heavy (non-hydrogen) atoms. The molecule has 0 fully saturated rings. The molecular formula is C13H10F3N3O5. The van der Waals surface area contributed by atoms with Crippen LogP contribution in [0, 0.1) is 10.1 Å². The van der Waals surface area contributed by atoms with Crippen molar-refractivity contribution in [2.45, 2.75) is 19.0 Å². The molecule has 3 rings (SSSR count). The van der Waals surface area contributed by atoms with Crippen molar-refractivity contribution in [2.75, 3.05) is 6.61 Å². The average Bonchev–Trinajstić information content (AvgIpc) is 3.04. The minimum Gasteiger partial charge on any atom is -0.490 e. The monoisotopic (exact) mass is 345 g/mol. The Balaban J connectivity index is 1.55. The number of halogens is 3. The molecule has 2 aromatic rings. The molecule has 1 aliphatic rings. The maximum absolute atomic E-state index is 12.1. The molecule has 2 heterocycles. The third kappa shape index (κ3) is 3.50. The van der Waals surface area contributed by atoms with E-state index in [9.17, 15) is 23.3 Å². The van der Waals surface area contributed by atoms with Crippen LogP contribution in [0.1, 0.15) is 0 Å². The summed E-state index contributed by atoms with van der Waals surface area (Å²) in [5, 5.41) is 10.8. The fraction of sp³-hybridized carbons (Fsp3) is 0.308. The van der Waals surface area contributed by atoms with Gasteiger partial charge in [0, 0.05) is 0 Å². The first-order chi connectivity index (χ1) is 11.3. The molecule has 0 N–H and O–H groups in total. The highest BCUT2D eigenvalue weighted by Crippen LogP contribution is 2.28. The van der Waals surface area contributed by atoms with Gasteiger partial charge in [-0.3, -0.25) is 0 Å². The predicted molar refractivity (Wildman–Crippen MR) is 71.9 cm³/mol. The van der Waals surface area contributed by atoms with Crippen molar-refractivity contribution in [3.05, 3.63) is 40.6 Å². The second-order valence-corrected chi connectivity index (χ2v) is 4.84. The average molecular weight is 345 g/mol. The summed E-state index contributed by atoms with van der Waals surface area (Å²) in [5.74, 6) is -0.226. The first-order valence-corrected chi connectivity index (χ1v) is 6.67. The van der Waals surface area contributed by atoms with Gasteiger partial charge in [-0.05, 0) is 29.2 Å². The summed E-state index contributed by atoms with van der Waals surface area (Å²) in [6.45, 7) is 0.251. The molecule has 1 aliphatic heterocycles. The number of rotatable bonds is 5. The van der Waals surface area contributed by atoms with Crippen LogP contribution >= 0.6 is 0 Å². The predicted octanol–water partition coefficient (Wildman–Crippen LogP) is 2.53. The molecule has 1 aromatic heterocycles. The molecule has 1 aromatic carbocycles. The van der Waals surface area contributed by atoms with E-state index < -0.39 is 17.4 Å². The van der Waals surface area contributed by atoms with Gasteiger partial charge in [0.25, 0.3) is 0 Å². The van der Waals surface area contributed by atoms with Crippen LogP contribution in [0.3, 0.4) is 0 Å². The van der Waals surface area contributed by atoms with Crippen molar-refractivity contribution in [3.63, 3.8) is 0 Å². The SMILES string of the molecule is O=[N+]([O-])c1cnc2n1CC(COc1ccc(OC(F)(F)F)cc1)O2. The van der Waals surface area contributed by atoms with E-state index in [4.69, 9.17) is 9.47 Å². The quantitative estimate of drug-likeness (QED) is 0.611. The van der Waals surface area contributed by atoms with E-state index in [0.29, 0.717) is 5.75 Å². The lowest BCUT2D eigenvalue weighted by Gasteiger charge is -2.12. The number of nitrogens with zero attached hydrogens (tertiary/aromatic N) is 3. The Morgan fingerprint density at radius 3 is 2.62 bits per heavy atom. The van der Waals surface area contributed by atoms with Crippen molar-refractivity contribution in [1.29, 1.82) is 0 Å². The Morgan fingerprint density at radius 1 is 1.33 bits per heavy atom. The number of alkyl halides is 3. The van der Waals surface area contributed by atoms with Gasteiger partial charge >= 0.3 is 18.2 Å². The van der Waals surface area contributed by atoms with E-state index >= 15 is 0 Å². The van der Waals surface area contributed by atoms with E-state index in [2.05, 4.69) is 9.72 Å². The van der Waals surface area contributed by atoms with Crippen molar-refractivity contribution in [3.8, 4) is 17.5 Å². The minimum absolute atomic E-state index is 0.0555. The molecule has 0 aliphatic carbocycles. The van der Waals surface area contributed by atoms with Crippen molar-refractivity contribution in [1.82, 2.24) is 9.55 Å². The lowest BCUT2D eigenvalue weighted by atomic mass is 10.3. The van der Waals surface area contributed by atoms with Crippen LogP contribution in [0.25, 0.3) is 0 Å². The van der Waals surface area contributed by atoms with E-state index in [0.717, 1.165) is 18.3 Å². The highest BCUT2D eigenvalue weighted by Gasteiger charge is 2.34. The first-order valence-electron chi connectivity index (χ1n) is 6.67. The van der Waals surface area contributed by atoms with Crippen LogP contribution in [0.4, 0.5) is 19.0 Å². The third-order valence-electron chi connectivity index (χ3n) is 3.14. The summed E-state index contributed by atoms with van der Waals surface area (Å²) in [6.07, 6.45) is -4.14. The van der Waals surface area contributed by atoms with E-state index in [1.807, 2.05) is 0 Å². The molecule has 11 heteroatoms. The minimum atomic E-state index is -4.75. The number of fused-ring (bicyclic) bond motifs is 1. The molecule has 8 nitrogen and oxygen atoms in total. The van der Waals surface area contributed by atoms with Gasteiger partial charge in [0.2, 0.25) is 0 Å². The lowest BCUT2D eigenvalue weighted by molar-refractivity contribution is -0.392. The Hall–Kier alpha value is -2.98. The molecule has 1 unspecified atom stereocenters. The van der Waals surface area contributed by atoms with Gasteiger partial charge in [-0.25, -0.2) is 0 Å². The Bertz CT molecular complexity index is 744. The fourth-order valence-electron chi connectivity index (χ4n) is 2.17. The van der Waals surface area contributed by atoms with Gasteiger partial charge in [-0.1, -0.05) is 0 Å². The van der Waals surface area contributed by atoms with Crippen LogP contribution < -0.4 is 14.2 Å². The van der Waals surface area contributed by atoms with Crippen molar-refractivity contribution < 1.29 is 32.3 Å². The van der Waals surface area contributed by atoms with Gasteiger partial charge in [-0.15, -0.1) is 13.2 Å². The standard InChI is InChI=1S/C13H10F3N3O5/c14-13(15,16)24-9-3-1-8(2-4-9)22-7-10-6-18-11(19(20)21)5-17-12(18)23-10/h1-5,10H,6-7H2. The van der Waals surface area contributed by atoms with Gasteiger partial charge < -0.3 is 24.3 Å². The zero-order valence-corrected chi connectivity index (χ0v) is 11.9. The third-order valence-corrected chi connectivity index (χ3v) is 3.14. The topological polar surface area (TPSA) is 88.7 Å². The van der Waals surface area contributed by atoms with Crippen LogP contribution in [0.5, 0.6) is 17.5 Å². The number of ether oxygens (including phenoxy) is 3. The Morgan fingerprint density at radius 2 is 2.00 bits per heavy atom. The van der Waals surface area contributed by atoms with E-state index in [1.165, 1.54) is 16.7 Å². The van der Waals surface area contributed by atoms with Crippen molar-refractivity contribution in [2.24, 2.45) is 0 Å². The molecular weight excluding hydrogens is 335 g/mol. The lowest BCUT2D eigenvalue weighted by Crippen LogP contribution is -2.23. The maximum Gasteiger partial charge on any atom is 0.573 e. The maximum atomic E-state index is 12.1. The molecule has 1 atom stereocenters. The second-order valence-electron chi connectivity index (χ2n) is 4.84. The Labute approximate surface area is 132 Å². The van der Waals surface area contributed by atoms with Crippen molar-refractivity contribution >= 4 is 5.82 Å². The molecule has 0 saturated carbocycles. The summed E-state index contributed by atoms with van der Waals surface area (Å²) in [4.78, 5) is 14.0. The van der Waals surface area contributed by atoms with Crippen LogP contribution in [-0.2, 0) is 6.54 Å². The normalized spacial score (nSPS) is 16.4. The van der Waals surface area contributed by atoms with E-state index in [-0.39, 0.29) is 30.7 Å². The summed E-state index contributed by atoms with van der Waals surface area (Å²) >= 11 is 0. The van der Waals surface area contributed by atoms with Gasteiger partial charge in [0.05, 0.1) is 0 Å². The highest BCUT2D eigenvalue weighted by molar-refractivity contribution is 5.31. The summed E-state index contributed by atoms with van der Waals surface area (Å²) < 4.78 is 52.0. The van der Waals surface area contributed by atoms with Gasteiger partial charge in [0.1, 0.15) is 30.8 Å².